The van der Waals surface area contributed by atoms with E-state index in [0.717, 1.165) is 10.9 Å². The third-order valence-electron chi connectivity index (χ3n) is 1.56. The molecule has 0 saturated heterocycles. The Morgan fingerprint density at radius 2 is 1.92 bits per heavy atom. The van der Waals surface area contributed by atoms with E-state index >= 15 is 0 Å². The molecule has 1 aromatic carbocycles. The molecule has 0 spiro atoms. The fraction of sp³-hybridized carbons (Fsp3) is 0. The van der Waals surface area contributed by atoms with E-state index in [-0.39, 0.29) is 23.9 Å². The maximum Gasteiger partial charge on any atom is 0.0703 e. The number of aromatic nitrogens is 1. The van der Waals surface area contributed by atoms with Gasteiger partial charge in [-0.3, -0.25) is 4.98 Å². The van der Waals surface area contributed by atoms with Crippen LogP contribution in [0.5, 0.6) is 0 Å². The van der Waals surface area contributed by atoms with Crippen molar-refractivity contribution in [1.29, 1.82) is 0 Å². The van der Waals surface area contributed by atoms with E-state index in [2.05, 4.69) is 4.98 Å². The number of para-hydroxylation sites is 1. The van der Waals surface area contributed by atoms with Crippen LogP contribution in [0.15, 0.2) is 36.5 Å². The summed E-state index contributed by atoms with van der Waals surface area (Å²) in [6.45, 7) is 0. The zero-order valence-electron chi connectivity index (χ0n) is 6.29. The van der Waals surface area contributed by atoms with Gasteiger partial charge in [0.1, 0.15) is 0 Å². The van der Waals surface area contributed by atoms with Crippen LogP contribution in [-0.2, 0) is 0 Å². The van der Waals surface area contributed by atoms with Crippen LogP contribution in [0, 0.1) is 0 Å². The first-order valence-corrected chi connectivity index (χ1v) is 3.74. The van der Waals surface area contributed by atoms with E-state index < -0.39 is 0 Å². The van der Waals surface area contributed by atoms with Gasteiger partial charge in [0.15, 0.2) is 0 Å². The van der Waals surface area contributed by atoms with Gasteiger partial charge in [-0.25, -0.2) is 0 Å². The minimum Gasteiger partial charge on any atom is -0.255 e. The summed E-state index contributed by atoms with van der Waals surface area (Å²) in [5.74, 6) is 0. The van der Waals surface area contributed by atoms with Crippen LogP contribution in [0.25, 0.3) is 10.9 Å². The summed E-state index contributed by atoms with van der Waals surface area (Å²) < 4.78 is 0. The zero-order valence-corrected chi connectivity index (χ0v) is 9.90. The Morgan fingerprint density at radius 3 is 2.75 bits per heavy atom. The Hall–Kier alpha value is -0.281. The summed E-state index contributed by atoms with van der Waals surface area (Å²) in [5, 5.41) is 1.77. The SMILES string of the molecule is Clc1cnc2ccccc2c1.[Sn]. The van der Waals surface area contributed by atoms with Gasteiger partial charge >= 0.3 is 0 Å². The molecule has 1 nitrogen and oxygen atoms in total. The third kappa shape index (κ3) is 1.90. The molecule has 0 amide bonds. The second-order valence-electron chi connectivity index (χ2n) is 2.35. The van der Waals surface area contributed by atoms with Gasteiger partial charge in [0.05, 0.1) is 10.5 Å². The van der Waals surface area contributed by atoms with Gasteiger partial charge in [0.2, 0.25) is 0 Å². The molecule has 3 heteroatoms. The smallest absolute Gasteiger partial charge is 0.0703 e. The van der Waals surface area contributed by atoms with Gasteiger partial charge < -0.3 is 0 Å². The predicted molar refractivity (Wildman–Crippen MR) is 52.5 cm³/mol. The van der Waals surface area contributed by atoms with E-state index in [4.69, 9.17) is 11.6 Å². The minimum absolute atomic E-state index is 0. The largest absolute Gasteiger partial charge is 0.255 e. The van der Waals surface area contributed by atoms with Crippen LogP contribution < -0.4 is 0 Å². The first kappa shape index (κ1) is 9.80. The van der Waals surface area contributed by atoms with Crippen molar-refractivity contribution in [2.24, 2.45) is 0 Å². The molecule has 58 valence electrons. The van der Waals surface area contributed by atoms with Gasteiger partial charge in [0, 0.05) is 35.5 Å². The molecule has 0 bridgehead atoms. The molecule has 0 fully saturated rings. The number of benzene rings is 1. The van der Waals surface area contributed by atoms with Crippen molar-refractivity contribution in [3.8, 4) is 0 Å². The van der Waals surface area contributed by atoms with Crippen molar-refractivity contribution in [3.05, 3.63) is 41.6 Å². The number of nitrogens with zero attached hydrogens (tertiary/aromatic N) is 1. The van der Waals surface area contributed by atoms with Crippen LogP contribution in [0.2, 0.25) is 5.02 Å². The van der Waals surface area contributed by atoms with Crippen LogP contribution in [0.4, 0.5) is 0 Å². The van der Waals surface area contributed by atoms with Crippen molar-refractivity contribution in [3.63, 3.8) is 0 Å². The first-order valence-electron chi connectivity index (χ1n) is 3.36. The number of pyridine rings is 1. The van der Waals surface area contributed by atoms with Crippen molar-refractivity contribution in [2.75, 3.05) is 0 Å². The second-order valence-corrected chi connectivity index (χ2v) is 2.78. The quantitative estimate of drug-likeness (QED) is 0.677. The molecule has 0 unspecified atom stereocenters. The van der Waals surface area contributed by atoms with E-state index in [0.29, 0.717) is 5.02 Å². The molecule has 4 radical (unpaired) electrons. The molecule has 1 heterocycles. The molecule has 0 aliphatic carbocycles. The summed E-state index contributed by atoms with van der Waals surface area (Å²) in [6.07, 6.45) is 1.66. The predicted octanol–water partition coefficient (Wildman–Crippen LogP) is 2.51. The summed E-state index contributed by atoms with van der Waals surface area (Å²) in [6, 6.07) is 9.80. The Labute approximate surface area is 92.7 Å². The molecule has 0 atom stereocenters. The second kappa shape index (κ2) is 4.10. The molecule has 0 aliphatic rings. The van der Waals surface area contributed by atoms with E-state index in [1.165, 1.54) is 0 Å². The van der Waals surface area contributed by atoms with Gasteiger partial charge in [-0.1, -0.05) is 29.8 Å². The van der Waals surface area contributed by atoms with Crippen LogP contribution >= 0.6 is 11.6 Å². The topological polar surface area (TPSA) is 12.9 Å². The Kier molecular flexibility index (Phi) is 3.35. The molecular formula is C9H6ClNSn. The molecule has 0 saturated carbocycles. The number of hydrogen-bond donors (Lipinski definition) is 0. The van der Waals surface area contributed by atoms with Gasteiger partial charge in [-0.05, 0) is 12.1 Å². The number of rotatable bonds is 0. The maximum atomic E-state index is 5.76. The summed E-state index contributed by atoms with van der Waals surface area (Å²) in [4.78, 5) is 4.15. The van der Waals surface area contributed by atoms with Gasteiger partial charge in [-0.2, -0.15) is 0 Å². The average molecular weight is 282 g/mol. The molecule has 2 rings (SSSR count). The third-order valence-corrected chi connectivity index (χ3v) is 1.76. The van der Waals surface area contributed by atoms with E-state index in [9.17, 15) is 0 Å². The maximum absolute atomic E-state index is 5.76. The minimum atomic E-state index is 0. The molecule has 0 aliphatic heterocycles. The Balaban J connectivity index is 0.000000720. The van der Waals surface area contributed by atoms with Gasteiger partial charge in [0.25, 0.3) is 0 Å². The molecular weight excluding hydrogens is 276 g/mol. The standard InChI is InChI=1S/C9H6ClN.Sn/c10-8-5-7-3-1-2-4-9(7)11-6-8;/h1-6H;. The molecule has 2 aromatic rings. The Bertz CT molecular complexity index is 389. The Morgan fingerprint density at radius 1 is 1.17 bits per heavy atom. The normalized spacial score (nSPS) is 9.42. The average Bonchev–Trinajstić information content (AvgIpc) is 2.04. The zero-order chi connectivity index (χ0) is 7.68. The number of hydrogen-bond acceptors (Lipinski definition) is 1. The van der Waals surface area contributed by atoms with Crippen LogP contribution in [0.3, 0.4) is 0 Å². The first-order chi connectivity index (χ1) is 5.36. The summed E-state index contributed by atoms with van der Waals surface area (Å²) >= 11 is 5.76. The number of fused-ring (bicyclic) bond motifs is 1. The number of halogens is 1. The summed E-state index contributed by atoms with van der Waals surface area (Å²) in [7, 11) is 0. The molecule has 1 aromatic heterocycles. The van der Waals surface area contributed by atoms with Crippen LogP contribution in [0.1, 0.15) is 0 Å². The van der Waals surface area contributed by atoms with Crippen LogP contribution in [-0.4, -0.2) is 28.9 Å². The van der Waals surface area contributed by atoms with Crippen molar-refractivity contribution >= 4 is 46.4 Å². The fourth-order valence-corrected chi connectivity index (χ4v) is 1.21. The van der Waals surface area contributed by atoms with Gasteiger partial charge in [-0.15, -0.1) is 0 Å². The molecule has 12 heavy (non-hydrogen) atoms. The fourth-order valence-electron chi connectivity index (χ4n) is 1.04. The monoisotopic (exact) mass is 283 g/mol. The molecule has 0 N–H and O–H groups in total. The van der Waals surface area contributed by atoms with Crippen molar-refractivity contribution in [1.82, 2.24) is 4.98 Å². The van der Waals surface area contributed by atoms with E-state index in [1.807, 2.05) is 30.3 Å². The van der Waals surface area contributed by atoms with E-state index in [1.54, 1.807) is 6.20 Å². The summed E-state index contributed by atoms with van der Waals surface area (Å²) in [5.41, 5.74) is 0.983. The van der Waals surface area contributed by atoms with Crippen molar-refractivity contribution in [2.45, 2.75) is 0 Å². The van der Waals surface area contributed by atoms with Crippen molar-refractivity contribution < 1.29 is 0 Å².